The lowest BCUT2D eigenvalue weighted by Gasteiger charge is -2.18. The van der Waals surface area contributed by atoms with Crippen molar-refractivity contribution in [3.05, 3.63) is 70.3 Å². The summed E-state index contributed by atoms with van der Waals surface area (Å²) in [7, 11) is 0. The first-order valence-corrected chi connectivity index (χ1v) is 8.85. The number of benzene rings is 1. The number of aryl methyl sites for hydroxylation is 1. The Kier molecular flexibility index (Phi) is 3.45. The average Bonchev–Trinajstić information content (AvgIpc) is 2.68. The summed E-state index contributed by atoms with van der Waals surface area (Å²) < 4.78 is 6.20. The summed E-state index contributed by atoms with van der Waals surface area (Å²) in [5, 5.41) is 1.99. The van der Waals surface area contributed by atoms with Gasteiger partial charge in [0.1, 0.15) is 17.1 Å². The van der Waals surface area contributed by atoms with Gasteiger partial charge in [0.15, 0.2) is 0 Å². The van der Waals surface area contributed by atoms with Gasteiger partial charge in [-0.15, -0.1) is 0 Å². The second-order valence-corrected chi connectivity index (χ2v) is 6.61. The fourth-order valence-electron chi connectivity index (χ4n) is 3.77. The number of pyridine rings is 3. The third kappa shape index (κ3) is 2.44. The van der Waals surface area contributed by atoms with E-state index in [1.165, 1.54) is 0 Å². The van der Waals surface area contributed by atoms with Gasteiger partial charge in [-0.05, 0) is 55.5 Å². The molecule has 0 saturated heterocycles. The summed E-state index contributed by atoms with van der Waals surface area (Å²) in [6, 6.07) is 11.7. The van der Waals surface area contributed by atoms with Crippen molar-refractivity contribution in [2.75, 3.05) is 0 Å². The number of hydrogen-bond acceptors (Lipinski definition) is 4. The van der Waals surface area contributed by atoms with E-state index in [1.807, 2.05) is 36.4 Å². The maximum absolute atomic E-state index is 12.3. The van der Waals surface area contributed by atoms with E-state index in [2.05, 4.69) is 15.0 Å². The summed E-state index contributed by atoms with van der Waals surface area (Å²) in [6.07, 6.45) is 7.28. The predicted octanol–water partition coefficient (Wildman–Crippen LogP) is 4.14. The lowest BCUT2D eigenvalue weighted by Crippen LogP contribution is -2.20. The Balaban J connectivity index is 1.67. The van der Waals surface area contributed by atoms with E-state index in [0.717, 1.165) is 64.6 Å². The molecule has 26 heavy (non-hydrogen) atoms. The van der Waals surface area contributed by atoms with Gasteiger partial charge >= 0.3 is 0 Å². The van der Waals surface area contributed by atoms with Crippen molar-refractivity contribution in [1.29, 1.82) is 0 Å². The van der Waals surface area contributed by atoms with Crippen LogP contribution in [0.4, 0.5) is 0 Å². The largest absolute Gasteiger partial charge is 0.456 e. The lowest BCUT2D eigenvalue weighted by molar-refractivity contribution is 0.487. The normalized spacial score (nSPS) is 13.7. The highest BCUT2D eigenvalue weighted by Gasteiger charge is 2.20. The van der Waals surface area contributed by atoms with Crippen LogP contribution < -0.4 is 10.3 Å². The summed E-state index contributed by atoms with van der Waals surface area (Å²) in [4.78, 5) is 24.0. The first-order valence-electron chi connectivity index (χ1n) is 8.85. The van der Waals surface area contributed by atoms with Crippen LogP contribution >= 0.6 is 0 Å². The zero-order chi connectivity index (χ0) is 17.5. The molecule has 5 heteroatoms. The molecule has 0 bridgehead atoms. The number of rotatable bonds is 2. The van der Waals surface area contributed by atoms with Crippen LogP contribution in [-0.2, 0) is 12.8 Å². The smallest absolute Gasteiger partial charge is 0.253 e. The number of hydrogen-bond donors (Lipinski definition) is 1. The van der Waals surface area contributed by atoms with Crippen LogP contribution in [0.5, 0.6) is 11.5 Å². The van der Waals surface area contributed by atoms with Gasteiger partial charge < -0.3 is 9.72 Å². The Morgan fingerprint density at radius 2 is 1.85 bits per heavy atom. The Labute approximate surface area is 149 Å². The average molecular weight is 343 g/mol. The van der Waals surface area contributed by atoms with Gasteiger partial charge in [0.2, 0.25) is 0 Å². The predicted molar refractivity (Wildman–Crippen MR) is 101 cm³/mol. The van der Waals surface area contributed by atoms with Gasteiger partial charge in [0.05, 0.1) is 10.9 Å². The second-order valence-electron chi connectivity index (χ2n) is 6.61. The van der Waals surface area contributed by atoms with Crippen molar-refractivity contribution in [1.82, 2.24) is 15.0 Å². The molecular formula is C21H17N3O2. The van der Waals surface area contributed by atoms with Crippen molar-refractivity contribution >= 4 is 21.9 Å². The number of nitrogens with zero attached hydrogens (tertiary/aromatic N) is 2. The van der Waals surface area contributed by atoms with E-state index in [4.69, 9.17) is 4.74 Å². The third-order valence-electron chi connectivity index (χ3n) is 4.99. The second kappa shape index (κ2) is 5.95. The van der Waals surface area contributed by atoms with Crippen molar-refractivity contribution in [2.45, 2.75) is 25.7 Å². The minimum absolute atomic E-state index is 0.0215. The molecule has 4 aromatic rings. The molecule has 0 saturated carbocycles. The molecule has 5 rings (SSSR count). The van der Waals surface area contributed by atoms with E-state index in [0.29, 0.717) is 5.65 Å². The summed E-state index contributed by atoms with van der Waals surface area (Å²) in [5.74, 6) is 1.44. The minimum atomic E-state index is -0.0215. The minimum Gasteiger partial charge on any atom is -0.456 e. The number of aromatic amines is 1. The lowest BCUT2D eigenvalue weighted by atomic mass is 9.90. The van der Waals surface area contributed by atoms with E-state index < -0.39 is 0 Å². The number of nitrogens with one attached hydrogen (secondary N) is 1. The topological polar surface area (TPSA) is 67.9 Å². The van der Waals surface area contributed by atoms with Crippen LogP contribution in [0.2, 0.25) is 0 Å². The number of aromatic nitrogens is 3. The molecule has 0 spiro atoms. The molecule has 3 aromatic heterocycles. The zero-order valence-corrected chi connectivity index (χ0v) is 14.2. The van der Waals surface area contributed by atoms with Gasteiger partial charge in [0, 0.05) is 29.4 Å². The summed E-state index contributed by atoms with van der Waals surface area (Å²) in [6.45, 7) is 0. The molecule has 0 amide bonds. The van der Waals surface area contributed by atoms with Gasteiger partial charge in [-0.2, -0.15) is 0 Å². The first kappa shape index (κ1) is 15.1. The molecule has 5 nitrogen and oxygen atoms in total. The van der Waals surface area contributed by atoms with Crippen LogP contribution in [0.25, 0.3) is 21.9 Å². The molecule has 0 aliphatic heterocycles. The molecule has 0 radical (unpaired) electrons. The first-order chi connectivity index (χ1) is 12.8. The van der Waals surface area contributed by atoms with E-state index in [1.54, 1.807) is 12.4 Å². The molecule has 1 aromatic carbocycles. The standard InChI is InChI=1S/C21H17N3O2/c25-21-16-6-2-1-5-15(16)19-18(9-11-23-20(19)24-21)26-14-8-7-13-4-3-10-22-17(13)12-14/h3-4,7-12H,1-2,5-6H2,(H,23,24,25). The summed E-state index contributed by atoms with van der Waals surface area (Å²) in [5.41, 5.74) is 3.41. The van der Waals surface area contributed by atoms with Crippen molar-refractivity contribution < 1.29 is 4.74 Å². The van der Waals surface area contributed by atoms with E-state index in [9.17, 15) is 4.79 Å². The molecule has 1 aliphatic rings. The molecule has 0 atom stereocenters. The van der Waals surface area contributed by atoms with E-state index >= 15 is 0 Å². The highest BCUT2D eigenvalue weighted by Crippen LogP contribution is 2.34. The van der Waals surface area contributed by atoms with Crippen molar-refractivity contribution in [3.8, 4) is 11.5 Å². The Morgan fingerprint density at radius 1 is 0.962 bits per heavy atom. The van der Waals surface area contributed by atoms with Crippen LogP contribution in [0, 0.1) is 0 Å². The Hall–Kier alpha value is -3.21. The van der Waals surface area contributed by atoms with E-state index in [-0.39, 0.29) is 5.56 Å². The number of ether oxygens (including phenoxy) is 1. The highest BCUT2D eigenvalue weighted by atomic mass is 16.5. The van der Waals surface area contributed by atoms with Crippen LogP contribution in [0.1, 0.15) is 24.0 Å². The number of H-pyrrole nitrogens is 1. The Bertz CT molecular complexity index is 1200. The van der Waals surface area contributed by atoms with Gasteiger partial charge in [-0.3, -0.25) is 9.78 Å². The number of fused-ring (bicyclic) bond motifs is 4. The van der Waals surface area contributed by atoms with Crippen LogP contribution in [0.15, 0.2) is 53.6 Å². The fraction of sp³-hybridized carbons (Fsp3) is 0.190. The zero-order valence-electron chi connectivity index (χ0n) is 14.2. The monoisotopic (exact) mass is 343 g/mol. The molecule has 0 unspecified atom stereocenters. The maximum atomic E-state index is 12.3. The third-order valence-corrected chi connectivity index (χ3v) is 4.99. The maximum Gasteiger partial charge on any atom is 0.253 e. The highest BCUT2D eigenvalue weighted by molar-refractivity contribution is 5.87. The van der Waals surface area contributed by atoms with Gasteiger partial charge in [0.25, 0.3) is 5.56 Å². The molecular weight excluding hydrogens is 326 g/mol. The molecule has 1 N–H and O–H groups in total. The quantitative estimate of drug-likeness (QED) is 0.594. The van der Waals surface area contributed by atoms with Crippen LogP contribution in [0.3, 0.4) is 0 Å². The van der Waals surface area contributed by atoms with Crippen molar-refractivity contribution in [2.24, 2.45) is 0 Å². The van der Waals surface area contributed by atoms with Gasteiger partial charge in [-0.1, -0.05) is 6.07 Å². The summed E-state index contributed by atoms with van der Waals surface area (Å²) >= 11 is 0. The van der Waals surface area contributed by atoms with Crippen LogP contribution in [-0.4, -0.2) is 15.0 Å². The Morgan fingerprint density at radius 3 is 2.77 bits per heavy atom. The van der Waals surface area contributed by atoms with Gasteiger partial charge in [-0.25, -0.2) is 4.98 Å². The fourth-order valence-corrected chi connectivity index (χ4v) is 3.77. The molecule has 0 fully saturated rings. The molecule has 128 valence electrons. The SMILES string of the molecule is O=c1[nH]c2nccc(Oc3ccc4cccnc4c3)c2c2c1CCCC2. The molecule has 3 heterocycles. The molecule has 1 aliphatic carbocycles. The van der Waals surface area contributed by atoms with Crippen molar-refractivity contribution in [3.63, 3.8) is 0 Å².